The third kappa shape index (κ3) is 5.94. The molecule has 0 nitrogen and oxygen atoms in total. The van der Waals surface area contributed by atoms with Gasteiger partial charge in [-0.25, -0.2) is 0 Å². The van der Waals surface area contributed by atoms with Crippen LogP contribution in [-0.4, -0.2) is 0 Å². The van der Waals surface area contributed by atoms with Gasteiger partial charge in [0.2, 0.25) is 0 Å². The highest BCUT2D eigenvalue weighted by Gasteiger charge is 1.91. The maximum absolute atomic E-state index is 5.67. The molecule has 0 saturated carbocycles. The lowest BCUT2D eigenvalue weighted by molar-refractivity contribution is 1.02. The Morgan fingerprint density at radius 3 is 2.33 bits per heavy atom. The molecule has 0 heterocycles. The van der Waals surface area contributed by atoms with E-state index >= 15 is 0 Å². The van der Waals surface area contributed by atoms with Crippen LogP contribution in [0.4, 0.5) is 0 Å². The van der Waals surface area contributed by atoms with Gasteiger partial charge in [0, 0.05) is 10.1 Å². The molecule has 0 fully saturated rings. The van der Waals surface area contributed by atoms with Crippen molar-refractivity contribution in [3.8, 4) is 0 Å². The fourth-order valence-corrected chi connectivity index (χ4v) is 0.588. The summed E-state index contributed by atoms with van der Waals surface area (Å²) in [5, 5.41) is 1.51. The summed E-state index contributed by atoms with van der Waals surface area (Å²) < 4.78 is 0. The van der Waals surface area contributed by atoms with Crippen LogP contribution in [0.15, 0.2) is 22.7 Å². The van der Waals surface area contributed by atoms with Gasteiger partial charge in [0.1, 0.15) is 0 Å². The summed E-state index contributed by atoms with van der Waals surface area (Å²) >= 11 is 11.2. The Labute approximate surface area is 66.2 Å². The third-order valence-electron chi connectivity index (χ3n) is 0.948. The van der Waals surface area contributed by atoms with E-state index in [4.69, 9.17) is 23.2 Å². The van der Waals surface area contributed by atoms with Crippen molar-refractivity contribution >= 4 is 23.2 Å². The zero-order valence-corrected chi connectivity index (χ0v) is 6.97. The first-order valence-electron chi connectivity index (χ1n) is 2.80. The van der Waals surface area contributed by atoms with Crippen LogP contribution in [0.2, 0.25) is 0 Å². The minimum Gasteiger partial charge on any atom is -0.0898 e. The van der Waals surface area contributed by atoms with Gasteiger partial charge in [0.25, 0.3) is 0 Å². The van der Waals surface area contributed by atoms with Crippen molar-refractivity contribution in [3.63, 3.8) is 0 Å². The van der Waals surface area contributed by atoms with Crippen molar-refractivity contribution in [1.82, 2.24) is 0 Å². The summed E-state index contributed by atoms with van der Waals surface area (Å²) in [5.74, 6) is 0. The Kier molecular flexibility index (Phi) is 4.93. The first-order valence-corrected chi connectivity index (χ1v) is 3.56. The van der Waals surface area contributed by atoms with Crippen LogP contribution < -0.4 is 0 Å². The number of rotatable bonds is 3. The average molecular weight is 165 g/mol. The molecule has 0 N–H and O–H groups in total. The normalized spacial score (nSPS) is 11.7. The fraction of sp³-hybridized carbons (Fsp3) is 0.429. The molecular weight excluding hydrogens is 155 g/mol. The summed E-state index contributed by atoms with van der Waals surface area (Å²) in [6.07, 6.45) is 3.44. The predicted molar refractivity (Wildman–Crippen MR) is 43.8 cm³/mol. The first kappa shape index (κ1) is 9.06. The van der Waals surface area contributed by atoms with Crippen molar-refractivity contribution in [3.05, 3.63) is 22.7 Å². The number of hydrogen-bond donors (Lipinski definition) is 0. The molecule has 0 amide bonds. The average Bonchev–Trinajstić information content (AvgIpc) is 1.83. The van der Waals surface area contributed by atoms with Gasteiger partial charge in [-0.05, 0) is 19.8 Å². The Morgan fingerprint density at radius 2 is 2.00 bits per heavy atom. The van der Waals surface area contributed by atoms with E-state index in [9.17, 15) is 0 Å². The van der Waals surface area contributed by atoms with Crippen molar-refractivity contribution in [2.24, 2.45) is 0 Å². The molecule has 0 aromatic rings. The van der Waals surface area contributed by atoms with Gasteiger partial charge >= 0.3 is 0 Å². The molecular formula is C7H10Cl2. The molecule has 0 saturated heterocycles. The maximum atomic E-state index is 5.67. The zero-order chi connectivity index (χ0) is 7.28. The molecule has 0 unspecified atom stereocenters. The first-order chi connectivity index (χ1) is 4.16. The van der Waals surface area contributed by atoms with Crippen LogP contribution >= 0.6 is 23.2 Å². The second-order valence-electron chi connectivity index (χ2n) is 1.75. The molecule has 0 aliphatic carbocycles. The van der Waals surface area contributed by atoms with E-state index < -0.39 is 0 Å². The van der Waals surface area contributed by atoms with Crippen molar-refractivity contribution in [1.29, 1.82) is 0 Å². The molecule has 9 heavy (non-hydrogen) atoms. The van der Waals surface area contributed by atoms with Crippen molar-refractivity contribution in [2.45, 2.75) is 19.8 Å². The van der Waals surface area contributed by atoms with Gasteiger partial charge in [0.15, 0.2) is 0 Å². The summed E-state index contributed by atoms with van der Waals surface area (Å²) in [6, 6.07) is 0. The Morgan fingerprint density at radius 1 is 1.44 bits per heavy atom. The maximum Gasteiger partial charge on any atom is 0.0142 e. The van der Waals surface area contributed by atoms with E-state index in [1.807, 2.05) is 13.0 Å². The summed E-state index contributed by atoms with van der Waals surface area (Å²) in [6.45, 7) is 5.44. The van der Waals surface area contributed by atoms with E-state index in [0.717, 1.165) is 17.9 Å². The SMILES string of the molecule is C=C(Cl)CC/C(Cl)=C\C. The van der Waals surface area contributed by atoms with Gasteiger partial charge in [-0.3, -0.25) is 0 Å². The summed E-state index contributed by atoms with van der Waals surface area (Å²) in [7, 11) is 0. The number of allylic oxidation sites excluding steroid dienone is 3. The second-order valence-corrected chi connectivity index (χ2v) is 2.77. The van der Waals surface area contributed by atoms with E-state index in [2.05, 4.69) is 6.58 Å². The van der Waals surface area contributed by atoms with E-state index in [0.29, 0.717) is 5.03 Å². The fourth-order valence-electron chi connectivity index (χ4n) is 0.399. The van der Waals surface area contributed by atoms with Gasteiger partial charge in [0.05, 0.1) is 0 Å². The minimum atomic E-state index is 0.662. The van der Waals surface area contributed by atoms with Crippen LogP contribution in [0, 0.1) is 0 Å². The van der Waals surface area contributed by atoms with Crippen LogP contribution in [0.1, 0.15) is 19.8 Å². The van der Waals surface area contributed by atoms with Crippen molar-refractivity contribution in [2.75, 3.05) is 0 Å². The summed E-state index contributed by atoms with van der Waals surface area (Å²) in [4.78, 5) is 0. The standard InChI is InChI=1S/C7H10Cl2/c1-3-7(9)5-4-6(2)8/h3H,2,4-5H2,1H3/b7-3+. The van der Waals surface area contributed by atoms with Crippen molar-refractivity contribution < 1.29 is 0 Å². The molecule has 0 aliphatic rings. The van der Waals surface area contributed by atoms with Gasteiger partial charge < -0.3 is 0 Å². The molecule has 0 aliphatic heterocycles. The second kappa shape index (κ2) is 4.89. The topological polar surface area (TPSA) is 0 Å². The molecule has 0 atom stereocenters. The Bertz CT molecular complexity index is 125. The van der Waals surface area contributed by atoms with Gasteiger partial charge in [-0.15, -0.1) is 0 Å². The van der Waals surface area contributed by atoms with E-state index in [1.165, 1.54) is 0 Å². The quantitative estimate of drug-likeness (QED) is 0.598. The number of hydrogen-bond acceptors (Lipinski definition) is 0. The lowest BCUT2D eigenvalue weighted by Gasteiger charge is -1.94. The Balaban J connectivity index is 3.39. The molecule has 0 aromatic heterocycles. The monoisotopic (exact) mass is 164 g/mol. The van der Waals surface area contributed by atoms with Crippen LogP contribution in [0.25, 0.3) is 0 Å². The highest BCUT2D eigenvalue weighted by atomic mass is 35.5. The number of halogens is 2. The molecule has 0 rings (SSSR count). The van der Waals surface area contributed by atoms with Crippen LogP contribution in [0.5, 0.6) is 0 Å². The highest BCUT2D eigenvalue weighted by Crippen LogP contribution is 2.15. The zero-order valence-electron chi connectivity index (χ0n) is 5.45. The molecule has 0 spiro atoms. The lowest BCUT2D eigenvalue weighted by Crippen LogP contribution is -1.73. The molecule has 0 bridgehead atoms. The largest absolute Gasteiger partial charge is 0.0898 e. The van der Waals surface area contributed by atoms with E-state index in [-0.39, 0.29) is 0 Å². The lowest BCUT2D eigenvalue weighted by atomic mass is 10.3. The van der Waals surface area contributed by atoms with Gasteiger partial charge in [-0.1, -0.05) is 35.9 Å². The van der Waals surface area contributed by atoms with E-state index in [1.54, 1.807) is 0 Å². The molecule has 52 valence electrons. The smallest absolute Gasteiger partial charge is 0.0142 e. The molecule has 0 radical (unpaired) electrons. The van der Waals surface area contributed by atoms with Crippen LogP contribution in [-0.2, 0) is 0 Å². The third-order valence-corrected chi connectivity index (χ3v) is 1.54. The highest BCUT2D eigenvalue weighted by molar-refractivity contribution is 6.30. The van der Waals surface area contributed by atoms with Gasteiger partial charge in [-0.2, -0.15) is 0 Å². The summed E-state index contributed by atoms with van der Waals surface area (Å²) in [5.41, 5.74) is 0. The predicted octanol–water partition coefficient (Wildman–Crippen LogP) is 3.66. The molecule has 0 aromatic carbocycles. The molecule has 2 heteroatoms. The Hall–Kier alpha value is 0.0600. The minimum absolute atomic E-state index is 0.662. The van der Waals surface area contributed by atoms with Crippen LogP contribution in [0.3, 0.4) is 0 Å².